The van der Waals surface area contributed by atoms with Crippen molar-refractivity contribution in [2.75, 3.05) is 18.1 Å². The van der Waals surface area contributed by atoms with Crippen molar-refractivity contribution in [2.45, 2.75) is 45.3 Å². The number of hydrogen-bond acceptors (Lipinski definition) is 7. The van der Waals surface area contributed by atoms with Gasteiger partial charge in [-0.2, -0.15) is 0 Å². The molecule has 0 unspecified atom stereocenters. The molecule has 0 atom stereocenters. The number of carbonyl (C=O) groups excluding carboxylic acids is 2. The molecule has 1 fully saturated rings. The van der Waals surface area contributed by atoms with Gasteiger partial charge in [-0.25, -0.2) is 4.79 Å². The van der Waals surface area contributed by atoms with Crippen LogP contribution in [0.1, 0.15) is 43.7 Å². The molecule has 1 aliphatic carbocycles. The van der Waals surface area contributed by atoms with Crippen LogP contribution in [0.25, 0.3) is 6.08 Å². The average molecular weight is 439 g/mol. The highest BCUT2D eigenvalue weighted by Crippen LogP contribution is 2.28. The van der Waals surface area contributed by atoms with E-state index in [0.717, 1.165) is 31.2 Å². The van der Waals surface area contributed by atoms with E-state index in [4.69, 9.17) is 25.7 Å². The molecule has 7 nitrogen and oxygen atoms in total. The Bertz CT molecular complexity index is 947. The van der Waals surface area contributed by atoms with Gasteiger partial charge in [-0.1, -0.05) is 12.1 Å². The molecular weight excluding hydrogens is 408 g/mol. The third-order valence-corrected chi connectivity index (χ3v) is 5.46. The van der Waals surface area contributed by atoms with Gasteiger partial charge >= 0.3 is 11.9 Å². The van der Waals surface area contributed by atoms with Crippen LogP contribution in [0.4, 0.5) is 11.4 Å². The van der Waals surface area contributed by atoms with E-state index in [1.807, 2.05) is 6.92 Å². The highest BCUT2D eigenvalue weighted by atomic mass is 16.5. The molecule has 1 saturated carbocycles. The molecule has 0 aromatic heterocycles. The number of rotatable bonds is 8. The predicted octanol–water partition coefficient (Wildman–Crippen LogP) is 4.11. The predicted molar refractivity (Wildman–Crippen MR) is 124 cm³/mol. The van der Waals surface area contributed by atoms with E-state index in [9.17, 15) is 9.59 Å². The fourth-order valence-electron chi connectivity index (χ4n) is 3.66. The first-order valence-electron chi connectivity index (χ1n) is 10.9. The lowest BCUT2D eigenvalue weighted by molar-refractivity contribution is -0.141. The summed E-state index contributed by atoms with van der Waals surface area (Å²) in [6.07, 6.45) is 6.56. The summed E-state index contributed by atoms with van der Waals surface area (Å²) < 4.78 is 16.4. The van der Waals surface area contributed by atoms with E-state index in [1.54, 1.807) is 48.5 Å². The zero-order valence-corrected chi connectivity index (χ0v) is 18.3. The maximum atomic E-state index is 12.4. The summed E-state index contributed by atoms with van der Waals surface area (Å²) in [6.45, 7) is 2.73. The van der Waals surface area contributed by atoms with Crippen LogP contribution in [-0.2, 0) is 25.7 Å². The van der Waals surface area contributed by atoms with Crippen LogP contribution in [0.3, 0.4) is 0 Å². The normalized spacial score (nSPS) is 18.4. The second-order valence-corrected chi connectivity index (χ2v) is 7.82. The van der Waals surface area contributed by atoms with Crippen molar-refractivity contribution in [2.24, 2.45) is 5.92 Å². The van der Waals surface area contributed by atoms with E-state index in [0.29, 0.717) is 29.3 Å². The van der Waals surface area contributed by atoms with Crippen LogP contribution < -0.4 is 16.2 Å². The van der Waals surface area contributed by atoms with Crippen LogP contribution >= 0.6 is 0 Å². The molecule has 4 N–H and O–H groups in total. The van der Waals surface area contributed by atoms with Crippen LogP contribution in [0.5, 0.6) is 5.75 Å². The summed E-state index contributed by atoms with van der Waals surface area (Å²) in [5, 5.41) is 0. The van der Waals surface area contributed by atoms with Gasteiger partial charge in [-0.3, -0.25) is 4.79 Å². The summed E-state index contributed by atoms with van der Waals surface area (Å²) in [4.78, 5) is 24.4. The van der Waals surface area contributed by atoms with Crippen molar-refractivity contribution < 1.29 is 23.8 Å². The molecule has 170 valence electrons. The summed E-state index contributed by atoms with van der Waals surface area (Å²) in [6, 6.07) is 12.0. The van der Waals surface area contributed by atoms with Crippen molar-refractivity contribution in [3.05, 3.63) is 59.7 Å². The third-order valence-electron chi connectivity index (χ3n) is 5.46. The first kappa shape index (κ1) is 23.3. The molecular formula is C25H30N2O5. The van der Waals surface area contributed by atoms with E-state index in [-0.39, 0.29) is 24.6 Å². The molecule has 0 aliphatic heterocycles. The Morgan fingerprint density at radius 2 is 1.75 bits per heavy atom. The Morgan fingerprint density at radius 1 is 1.03 bits per heavy atom. The number of carbonyl (C=O) groups is 2. The highest BCUT2D eigenvalue weighted by molar-refractivity contribution is 5.87. The summed E-state index contributed by atoms with van der Waals surface area (Å²) in [5.41, 5.74) is 14.1. The van der Waals surface area contributed by atoms with Crippen molar-refractivity contribution in [3.63, 3.8) is 0 Å². The first-order valence-corrected chi connectivity index (χ1v) is 10.9. The van der Waals surface area contributed by atoms with Gasteiger partial charge in [-0.05, 0) is 74.6 Å². The molecule has 0 heterocycles. The van der Waals surface area contributed by atoms with Gasteiger partial charge in [-0.15, -0.1) is 0 Å². The van der Waals surface area contributed by atoms with Crippen LogP contribution in [0, 0.1) is 5.92 Å². The fourth-order valence-corrected chi connectivity index (χ4v) is 3.66. The van der Waals surface area contributed by atoms with Crippen molar-refractivity contribution >= 4 is 29.4 Å². The molecule has 3 rings (SSSR count). The molecule has 1 aliphatic rings. The van der Waals surface area contributed by atoms with E-state index >= 15 is 0 Å². The Morgan fingerprint density at radius 3 is 2.44 bits per heavy atom. The molecule has 0 bridgehead atoms. The third kappa shape index (κ3) is 6.85. The topological polar surface area (TPSA) is 114 Å². The fraction of sp³-hybridized carbons (Fsp3) is 0.360. The quantitative estimate of drug-likeness (QED) is 0.276. The Kier molecular flexibility index (Phi) is 8.27. The molecule has 2 aromatic carbocycles. The minimum absolute atomic E-state index is 0.0431. The van der Waals surface area contributed by atoms with Gasteiger partial charge in [0.05, 0.1) is 12.0 Å². The standard InChI is InChI=1S/C25H30N2O5/c1-2-30-21-11-6-18(7-12-21)25(29)32-22-9-3-17(4-10-22)5-14-24(28)31-16-19-15-20(26)8-13-23(19)27/h3-5,8-10,13-15,18,21H,2,6-7,11-12,16,26-27H2,1H3/b14-5+. The number of hydrogen-bond donors (Lipinski definition) is 2. The first-order chi connectivity index (χ1) is 15.4. The molecule has 32 heavy (non-hydrogen) atoms. The van der Waals surface area contributed by atoms with Gasteiger partial charge < -0.3 is 25.7 Å². The SMILES string of the molecule is CCOC1CCC(C(=O)Oc2ccc(/C=C/C(=O)OCc3cc(N)ccc3N)cc2)CC1. The lowest BCUT2D eigenvalue weighted by atomic mass is 9.87. The lowest BCUT2D eigenvalue weighted by Crippen LogP contribution is -2.28. The number of nitrogen functional groups attached to an aromatic ring is 2. The highest BCUT2D eigenvalue weighted by Gasteiger charge is 2.27. The van der Waals surface area contributed by atoms with Crippen LogP contribution in [0.15, 0.2) is 48.5 Å². The monoisotopic (exact) mass is 438 g/mol. The van der Waals surface area contributed by atoms with E-state index in [1.165, 1.54) is 6.08 Å². The smallest absolute Gasteiger partial charge is 0.331 e. The van der Waals surface area contributed by atoms with Gasteiger partial charge in [0.25, 0.3) is 0 Å². The van der Waals surface area contributed by atoms with Crippen molar-refractivity contribution in [1.29, 1.82) is 0 Å². The zero-order valence-electron chi connectivity index (χ0n) is 18.3. The Labute approximate surface area is 188 Å². The molecule has 0 amide bonds. The number of esters is 2. The lowest BCUT2D eigenvalue weighted by Gasteiger charge is -2.26. The Balaban J connectivity index is 1.45. The van der Waals surface area contributed by atoms with Gasteiger partial charge in [0, 0.05) is 29.6 Å². The number of benzene rings is 2. The zero-order chi connectivity index (χ0) is 22.9. The van der Waals surface area contributed by atoms with Crippen LogP contribution in [0.2, 0.25) is 0 Å². The number of ether oxygens (including phenoxy) is 3. The molecule has 0 spiro atoms. The number of anilines is 2. The second-order valence-electron chi connectivity index (χ2n) is 7.82. The van der Waals surface area contributed by atoms with Gasteiger partial charge in [0.2, 0.25) is 0 Å². The van der Waals surface area contributed by atoms with E-state index in [2.05, 4.69) is 0 Å². The summed E-state index contributed by atoms with van der Waals surface area (Å²) in [5.74, 6) is -0.300. The minimum Gasteiger partial charge on any atom is -0.458 e. The van der Waals surface area contributed by atoms with E-state index < -0.39 is 5.97 Å². The minimum atomic E-state index is -0.495. The largest absolute Gasteiger partial charge is 0.458 e. The molecule has 2 aromatic rings. The molecule has 0 radical (unpaired) electrons. The number of nitrogens with two attached hydrogens (primary N) is 2. The van der Waals surface area contributed by atoms with Gasteiger partial charge in [0.1, 0.15) is 12.4 Å². The van der Waals surface area contributed by atoms with Gasteiger partial charge in [0.15, 0.2) is 0 Å². The van der Waals surface area contributed by atoms with Crippen molar-refractivity contribution in [3.8, 4) is 5.75 Å². The Hall–Kier alpha value is -3.32. The van der Waals surface area contributed by atoms with Crippen LogP contribution in [-0.4, -0.2) is 24.6 Å². The molecule has 0 saturated heterocycles. The van der Waals surface area contributed by atoms with Crippen molar-refractivity contribution in [1.82, 2.24) is 0 Å². The second kappa shape index (κ2) is 11.3. The maximum Gasteiger partial charge on any atom is 0.331 e. The summed E-state index contributed by atoms with van der Waals surface area (Å²) >= 11 is 0. The molecule has 7 heteroatoms. The summed E-state index contributed by atoms with van der Waals surface area (Å²) in [7, 11) is 0. The average Bonchev–Trinajstić information content (AvgIpc) is 2.80. The maximum absolute atomic E-state index is 12.4.